The van der Waals surface area contributed by atoms with Crippen molar-refractivity contribution < 1.29 is 31.1 Å². The van der Waals surface area contributed by atoms with Crippen LogP contribution in [0.25, 0.3) is 4.96 Å². The van der Waals surface area contributed by atoms with Crippen molar-refractivity contribution in [3.05, 3.63) is 49.6 Å². The Kier molecular flexibility index (Phi) is 5.58. The van der Waals surface area contributed by atoms with E-state index in [9.17, 15) is 35.9 Å². The molecule has 0 fully saturated rings. The van der Waals surface area contributed by atoms with Crippen molar-refractivity contribution in [3.8, 4) is 0 Å². The molecule has 3 aromatic heterocycles. The number of carbonyl (C=O) groups excluding carboxylic acids is 1. The molecule has 0 atom stereocenters. The molecular weight excluding hydrogens is 464 g/mol. The summed E-state index contributed by atoms with van der Waals surface area (Å²) in [5.74, 6) is -1.11. The fourth-order valence-electron chi connectivity index (χ4n) is 2.54. The minimum absolute atomic E-state index is 0.0209. The van der Waals surface area contributed by atoms with E-state index >= 15 is 0 Å². The zero-order valence-corrected chi connectivity index (χ0v) is 16.3. The van der Waals surface area contributed by atoms with Crippen molar-refractivity contribution in [3.63, 3.8) is 0 Å². The summed E-state index contributed by atoms with van der Waals surface area (Å²) in [6.07, 6.45) is -9.69. The standard InChI is InChI=1S/C15H10ClF6N5O2S/c1-2-23-12(29)10-11(15(20,21)22)30-13-24-6(3-9(28)27(10)13)5-26-8(16)4-7(25-26)14(17,18)19/h3-4H,2,5H2,1H3,(H,23,29). The first-order valence-corrected chi connectivity index (χ1v) is 9.23. The van der Waals surface area contributed by atoms with Crippen LogP contribution in [0.3, 0.4) is 0 Å². The van der Waals surface area contributed by atoms with Crippen LogP contribution < -0.4 is 10.9 Å². The summed E-state index contributed by atoms with van der Waals surface area (Å²) in [6, 6.07) is 1.36. The second-order valence-electron chi connectivity index (χ2n) is 5.85. The molecule has 0 aromatic carbocycles. The molecule has 0 unspecified atom stereocenters. The molecule has 0 radical (unpaired) electrons. The van der Waals surface area contributed by atoms with Crippen LogP contribution in [0.5, 0.6) is 0 Å². The minimum atomic E-state index is -4.93. The smallest absolute Gasteiger partial charge is 0.351 e. The number of fused-ring (bicyclic) bond motifs is 1. The maximum atomic E-state index is 13.4. The highest BCUT2D eigenvalue weighted by atomic mass is 35.5. The third kappa shape index (κ3) is 4.14. The van der Waals surface area contributed by atoms with Crippen LogP contribution in [0, 0.1) is 0 Å². The lowest BCUT2D eigenvalue weighted by Crippen LogP contribution is -2.30. The van der Waals surface area contributed by atoms with E-state index in [1.165, 1.54) is 6.92 Å². The highest BCUT2D eigenvalue weighted by Crippen LogP contribution is 2.37. The Labute approximate surface area is 171 Å². The molecule has 7 nitrogen and oxygen atoms in total. The highest BCUT2D eigenvalue weighted by Gasteiger charge is 2.40. The number of carbonyl (C=O) groups is 1. The van der Waals surface area contributed by atoms with Crippen molar-refractivity contribution in [2.75, 3.05) is 6.54 Å². The van der Waals surface area contributed by atoms with Gasteiger partial charge in [0.25, 0.3) is 11.5 Å². The Morgan fingerprint density at radius 2 is 1.87 bits per heavy atom. The summed E-state index contributed by atoms with van der Waals surface area (Å²) in [5, 5.41) is 5.06. The van der Waals surface area contributed by atoms with Gasteiger partial charge in [-0.2, -0.15) is 31.4 Å². The van der Waals surface area contributed by atoms with E-state index in [-0.39, 0.29) is 23.6 Å². The maximum absolute atomic E-state index is 13.4. The number of thiazole rings is 1. The molecule has 162 valence electrons. The molecule has 1 amide bonds. The van der Waals surface area contributed by atoms with E-state index in [1.54, 1.807) is 0 Å². The van der Waals surface area contributed by atoms with Gasteiger partial charge in [-0.1, -0.05) is 22.9 Å². The van der Waals surface area contributed by atoms with Gasteiger partial charge < -0.3 is 5.32 Å². The van der Waals surface area contributed by atoms with Crippen LogP contribution in [0.2, 0.25) is 5.15 Å². The van der Waals surface area contributed by atoms with Gasteiger partial charge in [0.1, 0.15) is 15.7 Å². The number of hydrogen-bond acceptors (Lipinski definition) is 5. The van der Waals surface area contributed by atoms with Crippen LogP contribution in [0.15, 0.2) is 16.9 Å². The number of alkyl halides is 6. The lowest BCUT2D eigenvalue weighted by Gasteiger charge is -2.08. The SMILES string of the molecule is CCNC(=O)c1c(C(F)(F)F)sc2nc(Cn3nc(C(F)(F)F)cc3Cl)cc(=O)n12. The van der Waals surface area contributed by atoms with Gasteiger partial charge in [-0.3, -0.25) is 9.59 Å². The molecule has 0 aliphatic heterocycles. The topological polar surface area (TPSA) is 81.3 Å². The van der Waals surface area contributed by atoms with Gasteiger partial charge in [0, 0.05) is 18.7 Å². The number of nitrogens with zero attached hydrogens (tertiary/aromatic N) is 4. The van der Waals surface area contributed by atoms with Crippen molar-refractivity contribution in [1.82, 2.24) is 24.5 Å². The Bertz CT molecular complexity index is 1180. The molecule has 15 heteroatoms. The monoisotopic (exact) mass is 473 g/mol. The van der Waals surface area contributed by atoms with Gasteiger partial charge in [-0.05, 0) is 6.92 Å². The minimum Gasteiger partial charge on any atom is -0.351 e. The van der Waals surface area contributed by atoms with Crippen LogP contribution in [0.4, 0.5) is 26.3 Å². The second-order valence-corrected chi connectivity index (χ2v) is 7.21. The predicted octanol–water partition coefficient (Wildman–Crippen LogP) is 3.44. The van der Waals surface area contributed by atoms with Crippen molar-refractivity contribution in [1.29, 1.82) is 0 Å². The number of aromatic nitrogens is 4. The van der Waals surface area contributed by atoms with Crippen molar-refractivity contribution >= 4 is 33.8 Å². The Balaban J connectivity index is 2.12. The summed E-state index contributed by atoms with van der Waals surface area (Å²) in [7, 11) is 0. The first kappa shape index (κ1) is 22.1. The summed E-state index contributed by atoms with van der Waals surface area (Å²) < 4.78 is 79.6. The van der Waals surface area contributed by atoms with Crippen LogP contribution >= 0.6 is 22.9 Å². The quantitative estimate of drug-likeness (QED) is 0.589. The van der Waals surface area contributed by atoms with E-state index in [1.807, 2.05) is 0 Å². The van der Waals surface area contributed by atoms with Gasteiger partial charge in [-0.25, -0.2) is 14.1 Å². The van der Waals surface area contributed by atoms with E-state index in [4.69, 9.17) is 11.6 Å². The summed E-state index contributed by atoms with van der Waals surface area (Å²) in [4.78, 5) is 26.7. The van der Waals surface area contributed by atoms with Crippen LogP contribution in [-0.2, 0) is 18.9 Å². The van der Waals surface area contributed by atoms with Crippen LogP contribution in [0.1, 0.15) is 33.7 Å². The molecule has 3 aromatic rings. The largest absolute Gasteiger partial charge is 0.435 e. The fraction of sp³-hybridized carbons (Fsp3) is 0.333. The summed E-state index contributed by atoms with van der Waals surface area (Å²) >= 11 is 5.78. The predicted molar refractivity (Wildman–Crippen MR) is 93.7 cm³/mol. The van der Waals surface area contributed by atoms with Crippen LogP contribution in [-0.4, -0.2) is 31.6 Å². The first-order chi connectivity index (χ1) is 13.8. The van der Waals surface area contributed by atoms with Gasteiger partial charge in [0.2, 0.25) is 0 Å². The Morgan fingerprint density at radius 3 is 2.40 bits per heavy atom. The first-order valence-electron chi connectivity index (χ1n) is 8.04. The Hall–Kier alpha value is -2.61. The lowest BCUT2D eigenvalue weighted by molar-refractivity contribution is -0.141. The lowest BCUT2D eigenvalue weighted by atomic mass is 10.3. The average molecular weight is 474 g/mol. The number of nitrogens with one attached hydrogen (secondary N) is 1. The molecule has 3 rings (SSSR count). The zero-order valence-electron chi connectivity index (χ0n) is 14.7. The molecule has 30 heavy (non-hydrogen) atoms. The summed E-state index contributed by atoms with van der Waals surface area (Å²) in [5.41, 5.74) is -3.39. The molecule has 0 saturated carbocycles. The number of amides is 1. The highest BCUT2D eigenvalue weighted by molar-refractivity contribution is 7.17. The molecule has 0 bridgehead atoms. The average Bonchev–Trinajstić information content (AvgIpc) is 3.16. The third-order valence-electron chi connectivity index (χ3n) is 3.72. The molecule has 1 N–H and O–H groups in total. The van der Waals surface area contributed by atoms with Gasteiger partial charge in [0.05, 0.1) is 12.2 Å². The number of rotatable bonds is 4. The fourth-order valence-corrected chi connectivity index (χ4v) is 3.76. The van der Waals surface area contributed by atoms with Gasteiger partial charge >= 0.3 is 12.4 Å². The second kappa shape index (κ2) is 7.58. The molecule has 0 aliphatic carbocycles. The van der Waals surface area contributed by atoms with Crippen molar-refractivity contribution in [2.45, 2.75) is 25.8 Å². The molecule has 0 saturated heterocycles. The van der Waals surface area contributed by atoms with Crippen molar-refractivity contribution in [2.24, 2.45) is 0 Å². The molecule has 0 aliphatic rings. The summed E-state index contributed by atoms with van der Waals surface area (Å²) in [6.45, 7) is 1.01. The Morgan fingerprint density at radius 1 is 1.20 bits per heavy atom. The third-order valence-corrected chi connectivity index (χ3v) is 5.11. The zero-order chi connectivity index (χ0) is 22.4. The van der Waals surface area contributed by atoms with E-state index < -0.39 is 56.7 Å². The normalized spacial score (nSPS) is 12.5. The molecular formula is C15H10ClF6N5O2S. The molecule has 3 heterocycles. The maximum Gasteiger partial charge on any atom is 0.435 e. The molecule has 0 spiro atoms. The van der Waals surface area contributed by atoms with Gasteiger partial charge in [0.15, 0.2) is 10.7 Å². The number of hydrogen-bond donors (Lipinski definition) is 1. The van der Waals surface area contributed by atoms with E-state index in [0.29, 0.717) is 15.1 Å². The number of halogens is 7. The van der Waals surface area contributed by atoms with E-state index in [2.05, 4.69) is 15.4 Å². The van der Waals surface area contributed by atoms with Gasteiger partial charge in [-0.15, -0.1) is 0 Å². The van der Waals surface area contributed by atoms with E-state index in [0.717, 1.165) is 6.07 Å².